The van der Waals surface area contributed by atoms with Crippen molar-refractivity contribution in [2.24, 2.45) is 0 Å². The molecule has 0 spiro atoms. The maximum Gasteiger partial charge on any atom is 0.220 e. The van der Waals surface area contributed by atoms with E-state index in [2.05, 4.69) is 16.7 Å². The lowest BCUT2D eigenvalue weighted by Crippen LogP contribution is -2.26. The summed E-state index contributed by atoms with van der Waals surface area (Å²) in [4.78, 5) is 11.5. The average Bonchev–Trinajstić information content (AvgIpc) is 3.30. The molecule has 0 saturated heterocycles. The molecule has 0 radical (unpaired) electrons. The number of ether oxygens (including phenoxy) is 1. The number of carbonyl (C=O) groups is 1. The van der Waals surface area contributed by atoms with Gasteiger partial charge in [-0.2, -0.15) is 5.26 Å². The summed E-state index contributed by atoms with van der Waals surface area (Å²) in [7, 11) is 1.56. The quantitative estimate of drug-likeness (QED) is 0.714. The Bertz CT molecular complexity index is 533. The third-order valence-electron chi connectivity index (χ3n) is 3.41. The normalized spacial score (nSPS) is 13.5. The van der Waals surface area contributed by atoms with Crippen LogP contribution in [-0.4, -0.2) is 25.6 Å². The number of hydrogen-bond donors (Lipinski definition) is 2. The fourth-order valence-corrected chi connectivity index (χ4v) is 2.09. The minimum Gasteiger partial charge on any atom is -0.495 e. The fraction of sp³-hybridized carbons (Fsp3) is 0.500. The predicted octanol–water partition coefficient (Wildman–Crippen LogP) is 1.72. The van der Waals surface area contributed by atoms with Gasteiger partial charge >= 0.3 is 0 Å². The Labute approximate surface area is 125 Å². The van der Waals surface area contributed by atoms with Gasteiger partial charge in [-0.25, -0.2) is 0 Å². The first kappa shape index (κ1) is 15.3. The van der Waals surface area contributed by atoms with Gasteiger partial charge in [0.15, 0.2) is 0 Å². The van der Waals surface area contributed by atoms with E-state index in [9.17, 15) is 4.79 Å². The Morgan fingerprint density at radius 3 is 2.95 bits per heavy atom. The van der Waals surface area contributed by atoms with E-state index in [1.807, 2.05) is 12.1 Å². The number of amides is 1. The maximum atomic E-state index is 11.5. The van der Waals surface area contributed by atoms with Crippen LogP contribution >= 0.6 is 0 Å². The summed E-state index contributed by atoms with van der Waals surface area (Å²) in [6, 6.07) is 8.13. The first-order chi connectivity index (χ1) is 10.2. The van der Waals surface area contributed by atoms with Gasteiger partial charge in [0, 0.05) is 19.0 Å². The second-order valence-corrected chi connectivity index (χ2v) is 5.27. The molecule has 5 nitrogen and oxygen atoms in total. The number of carbonyl (C=O) groups excluding carboxylic acids is 1. The van der Waals surface area contributed by atoms with Crippen LogP contribution in [0.4, 0.5) is 0 Å². The van der Waals surface area contributed by atoms with Crippen LogP contribution in [0.3, 0.4) is 0 Å². The van der Waals surface area contributed by atoms with Gasteiger partial charge in [-0.1, -0.05) is 6.07 Å². The third-order valence-corrected chi connectivity index (χ3v) is 3.41. The van der Waals surface area contributed by atoms with Crippen LogP contribution in [0.2, 0.25) is 0 Å². The fourth-order valence-electron chi connectivity index (χ4n) is 2.09. The molecule has 21 heavy (non-hydrogen) atoms. The SMILES string of the molecule is COc1ccc(CNCCCC(=O)NC2CC2)cc1C#N. The van der Waals surface area contributed by atoms with Gasteiger partial charge in [-0.15, -0.1) is 0 Å². The van der Waals surface area contributed by atoms with Crippen LogP contribution in [0.1, 0.15) is 36.8 Å². The summed E-state index contributed by atoms with van der Waals surface area (Å²) in [6.45, 7) is 1.47. The molecule has 0 heterocycles. The number of nitriles is 1. The Morgan fingerprint density at radius 1 is 1.48 bits per heavy atom. The summed E-state index contributed by atoms with van der Waals surface area (Å²) >= 11 is 0. The molecule has 0 bridgehead atoms. The summed E-state index contributed by atoms with van der Waals surface area (Å²) in [5.74, 6) is 0.744. The highest BCUT2D eigenvalue weighted by molar-refractivity contribution is 5.76. The second-order valence-electron chi connectivity index (χ2n) is 5.27. The van der Waals surface area contributed by atoms with Crippen LogP contribution in [0.5, 0.6) is 5.75 Å². The molecule has 0 atom stereocenters. The zero-order valence-electron chi connectivity index (χ0n) is 12.3. The molecule has 1 fully saturated rings. The van der Waals surface area contributed by atoms with E-state index >= 15 is 0 Å². The van der Waals surface area contributed by atoms with E-state index in [4.69, 9.17) is 10.00 Å². The monoisotopic (exact) mass is 287 g/mol. The highest BCUT2D eigenvalue weighted by atomic mass is 16.5. The summed E-state index contributed by atoms with van der Waals surface area (Å²) in [6.07, 6.45) is 3.64. The first-order valence-electron chi connectivity index (χ1n) is 7.30. The first-order valence-corrected chi connectivity index (χ1v) is 7.30. The van der Waals surface area contributed by atoms with Gasteiger partial charge in [-0.05, 0) is 43.5 Å². The smallest absolute Gasteiger partial charge is 0.220 e. The van der Waals surface area contributed by atoms with Crippen LogP contribution in [-0.2, 0) is 11.3 Å². The van der Waals surface area contributed by atoms with Gasteiger partial charge in [0.25, 0.3) is 0 Å². The van der Waals surface area contributed by atoms with Crippen LogP contribution in [0.25, 0.3) is 0 Å². The molecule has 2 N–H and O–H groups in total. The van der Waals surface area contributed by atoms with E-state index in [1.165, 1.54) is 0 Å². The second kappa shape index (κ2) is 7.65. The van der Waals surface area contributed by atoms with E-state index in [0.29, 0.717) is 30.3 Å². The summed E-state index contributed by atoms with van der Waals surface area (Å²) in [5, 5.41) is 15.3. The molecular formula is C16H21N3O2. The van der Waals surface area contributed by atoms with Crippen molar-refractivity contribution < 1.29 is 9.53 Å². The van der Waals surface area contributed by atoms with Crippen molar-refractivity contribution >= 4 is 5.91 Å². The Balaban J connectivity index is 1.66. The van der Waals surface area contributed by atoms with Crippen molar-refractivity contribution in [3.63, 3.8) is 0 Å². The van der Waals surface area contributed by atoms with Crippen molar-refractivity contribution in [2.45, 2.75) is 38.3 Å². The van der Waals surface area contributed by atoms with Crippen LogP contribution in [0.15, 0.2) is 18.2 Å². The molecular weight excluding hydrogens is 266 g/mol. The zero-order chi connectivity index (χ0) is 15.1. The number of nitrogens with one attached hydrogen (secondary N) is 2. The molecule has 0 unspecified atom stereocenters. The highest BCUT2D eigenvalue weighted by Crippen LogP contribution is 2.19. The Kier molecular flexibility index (Phi) is 5.59. The predicted molar refractivity (Wildman–Crippen MR) is 79.8 cm³/mol. The lowest BCUT2D eigenvalue weighted by atomic mass is 10.1. The summed E-state index contributed by atoms with van der Waals surface area (Å²) in [5.41, 5.74) is 1.58. The van der Waals surface area contributed by atoms with Crippen molar-refractivity contribution in [3.8, 4) is 11.8 Å². The molecule has 1 saturated carbocycles. The van der Waals surface area contributed by atoms with Crippen LogP contribution in [0, 0.1) is 11.3 Å². The standard InChI is InChI=1S/C16H21N3O2/c1-21-15-7-4-12(9-13(15)10-17)11-18-8-2-3-16(20)19-14-5-6-14/h4,7,9,14,18H,2-3,5-6,8,11H2,1H3,(H,19,20). The zero-order valence-corrected chi connectivity index (χ0v) is 12.3. The highest BCUT2D eigenvalue weighted by Gasteiger charge is 2.22. The maximum absolute atomic E-state index is 11.5. The molecule has 5 heteroatoms. The number of methoxy groups -OCH3 is 1. The van der Waals surface area contributed by atoms with Gasteiger partial charge in [0.2, 0.25) is 5.91 Å². The number of benzene rings is 1. The molecule has 2 rings (SSSR count). The van der Waals surface area contributed by atoms with Gasteiger partial charge in [0.05, 0.1) is 12.7 Å². The Morgan fingerprint density at radius 2 is 2.29 bits per heavy atom. The number of hydrogen-bond acceptors (Lipinski definition) is 4. The molecule has 1 aromatic rings. The lowest BCUT2D eigenvalue weighted by molar-refractivity contribution is -0.121. The van der Waals surface area contributed by atoms with E-state index in [-0.39, 0.29) is 5.91 Å². The van der Waals surface area contributed by atoms with Crippen molar-refractivity contribution in [1.29, 1.82) is 5.26 Å². The molecule has 0 aliphatic heterocycles. The van der Waals surface area contributed by atoms with Gasteiger partial charge in [-0.3, -0.25) is 4.79 Å². The third kappa shape index (κ3) is 5.09. The van der Waals surface area contributed by atoms with Crippen molar-refractivity contribution in [1.82, 2.24) is 10.6 Å². The van der Waals surface area contributed by atoms with Crippen LogP contribution < -0.4 is 15.4 Å². The molecule has 1 aromatic carbocycles. The lowest BCUT2D eigenvalue weighted by Gasteiger charge is -2.08. The van der Waals surface area contributed by atoms with Gasteiger partial charge < -0.3 is 15.4 Å². The van der Waals surface area contributed by atoms with Crippen molar-refractivity contribution in [3.05, 3.63) is 29.3 Å². The molecule has 1 aliphatic carbocycles. The van der Waals surface area contributed by atoms with Gasteiger partial charge in [0.1, 0.15) is 11.8 Å². The topological polar surface area (TPSA) is 74.2 Å². The Hall–Kier alpha value is -2.06. The van der Waals surface area contributed by atoms with Crippen molar-refractivity contribution in [2.75, 3.05) is 13.7 Å². The molecule has 0 aromatic heterocycles. The minimum absolute atomic E-state index is 0.149. The summed E-state index contributed by atoms with van der Waals surface area (Å²) < 4.78 is 5.11. The molecule has 1 amide bonds. The molecule has 1 aliphatic rings. The van der Waals surface area contributed by atoms with E-state index in [0.717, 1.165) is 31.4 Å². The molecule has 112 valence electrons. The van der Waals surface area contributed by atoms with E-state index < -0.39 is 0 Å². The largest absolute Gasteiger partial charge is 0.495 e. The number of rotatable bonds is 8. The minimum atomic E-state index is 0.149. The van der Waals surface area contributed by atoms with E-state index in [1.54, 1.807) is 13.2 Å². The number of nitrogens with zero attached hydrogens (tertiary/aromatic N) is 1. The average molecular weight is 287 g/mol.